The lowest BCUT2D eigenvalue weighted by molar-refractivity contribution is 0.688. The number of imidazole rings is 1. The van der Waals surface area contributed by atoms with Gasteiger partial charge in [0, 0.05) is 44.9 Å². The van der Waals surface area contributed by atoms with Crippen molar-refractivity contribution in [3.63, 3.8) is 0 Å². The SMILES string of the molecule is CCNC(=NCc1ccn(C)c1)NCc1nccn1Cc1ccccc1. The molecule has 6 nitrogen and oxygen atoms in total. The second-order valence-corrected chi connectivity index (χ2v) is 6.19. The first-order valence-corrected chi connectivity index (χ1v) is 8.91. The zero-order valence-electron chi connectivity index (χ0n) is 15.4. The summed E-state index contributed by atoms with van der Waals surface area (Å²) in [6, 6.07) is 12.5. The maximum Gasteiger partial charge on any atom is 0.191 e. The lowest BCUT2D eigenvalue weighted by Crippen LogP contribution is -2.37. The smallest absolute Gasteiger partial charge is 0.191 e. The van der Waals surface area contributed by atoms with Crippen LogP contribution in [0.1, 0.15) is 23.9 Å². The average molecular weight is 350 g/mol. The van der Waals surface area contributed by atoms with Gasteiger partial charge >= 0.3 is 0 Å². The Hall–Kier alpha value is -3.02. The van der Waals surface area contributed by atoms with Gasteiger partial charge in [0.15, 0.2) is 5.96 Å². The largest absolute Gasteiger partial charge is 0.357 e. The molecule has 0 amide bonds. The molecule has 0 saturated carbocycles. The van der Waals surface area contributed by atoms with Crippen molar-refractivity contribution in [1.29, 1.82) is 0 Å². The summed E-state index contributed by atoms with van der Waals surface area (Å²) in [5, 5.41) is 6.66. The molecule has 3 rings (SSSR count). The molecule has 0 bridgehead atoms. The number of aliphatic imine (C=N–C) groups is 1. The second-order valence-electron chi connectivity index (χ2n) is 6.19. The van der Waals surface area contributed by atoms with Gasteiger partial charge < -0.3 is 19.8 Å². The summed E-state index contributed by atoms with van der Waals surface area (Å²) in [4.78, 5) is 9.13. The number of guanidine groups is 1. The van der Waals surface area contributed by atoms with Gasteiger partial charge in [0.05, 0.1) is 13.1 Å². The van der Waals surface area contributed by atoms with E-state index < -0.39 is 0 Å². The van der Waals surface area contributed by atoms with Crippen molar-refractivity contribution in [3.8, 4) is 0 Å². The summed E-state index contributed by atoms with van der Waals surface area (Å²) in [6.45, 7) is 4.97. The Bertz CT molecular complexity index is 831. The normalized spacial score (nSPS) is 11.5. The van der Waals surface area contributed by atoms with Gasteiger partial charge in [0.25, 0.3) is 0 Å². The first-order chi connectivity index (χ1) is 12.7. The van der Waals surface area contributed by atoms with E-state index in [4.69, 9.17) is 0 Å². The van der Waals surface area contributed by atoms with E-state index in [1.54, 1.807) is 0 Å². The van der Waals surface area contributed by atoms with E-state index in [1.807, 2.05) is 36.3 Å². The predicted octanol–water partition coefficient (Wildman–Crippen LogP) is 2.53. The van der Waals surface area contributed by atoms with E-state index in [0.29, 0.717) is 13.1 Å². The summed E-state index contributed by atoms with van der Waals surface area (Å²) in [7, 11) is 2.02. The van der Waals surface area contributed by atoms with Crippen LogP contribution in [0.15, 0.2) is 66.2 Å². The molecule has 2 heterocycles. The molecule has 1 aromatic carbocycles. The Kier molecular flexibility index (Phi) is 6.09. The van der Waals surface area contributed by atoms with Crippen LogP contribution in [0.25, 0.3) is 0 Å². The van der Waals surface area contributed by atoms with E-state index in [-0.39, 0.29) is 0 Å². The molecule has 2 aromatic heterocycles. The fourth-order valence-electron chi connectivity index (χ4n) is 2.76. The van der Waals surface area contributed by atoms with E-state index in [0.717, 1.165) is 24.9 Å². The number of aryl methyl sites for hydroxylation is 1. The van der Waals surface area contributed by atoms with Gasteiger partial charge in [0.1, 0.15) is 5.82 Å². The summed E-state index contributed by atoms with van der Waals surface area (Å²) in [5.41, 5.74) is 2.45. The Labute approximate surface area is 154 Å². The highest BCUT2D eigenvalue weighted by atomic mass is 15.2. The summed E-state index contributed by atoms with van der Waals surface area (Å²) < 4.78 is 4.19. The molecule has 26 heavy (non-hydrogen) atoms. The Morgan fingerprint density at radius 2 is 1.92 bits per heavy atom. The quantitative estimate of drug-likeness (QED) is 0.508. The molecule has 0 unspecified atom stereocenters. The predicted molar refractivity (Wildman–Crippen MR) is 105 cm³/mol. The van der Waals surface area contributed by atoms with Gasteiger partial charge in [-0.05, 0) is 24.1 Å². The lowest BCUT2D eigenvalue weighted by atomic mass is 10.2. The van der Waals surface area contributed by atoms with Crippen LogP contribution in [0.3, 0.4) is 0 Å². The number of hydrogen-bond acceptors (Lipinski definition) is 2. The molecule has 136 valence electrons. The Morgan fingerprint density at radius 1 is 1.08 bits per heavy atom. The molecular formula is C20H26N6. The van der Waals surface area contributed by atoms with Crippen LogP contribution in [0.2, 0.25) is 0 Å². The van der Waals surface area contributed by atoms with Crippen molar-refractivity contribution < 1.29 is 0 Å². The third-order valence-corrected chi connectivity index (χ3v) is 4.07. The molecule has 0 aliphatic carbocycles. The number of aromatic nitrogens is 3. The van der Waals surface area contributed by atoms with Crippen molar-refractivity contribution in [3.05, 3.63) is 78.1 Å². The minimum atomic E-state index is 0.625. The molecule has 0 aliphatic heterocycles. The fraction of sp³-hybridized carbons (Fsp3) is 0.300. The fourth-order valence-corrected chi connectivity index (χ4v) is 2.76. The summed E-state index contributed by atoms with van der Waals surface area (Å²) >= 11 is 0. The van der Waals surface area contributed by atoms with Crippen LogP contribution in [0.5, 0.6) is 0 Å². The monoisotopic (exact) mass is 350 g/mol. The minimum absolute atomic E-state index is 0.625. The molecular weight excluding hydrogens is 324 g/mol. The molecule has 0 spiro atoms. The van der Waals surface area contributed by atoms with Gasteiger partial charge in [-0.1, -0.05) is 30.3 Å². The number of hydrogen-bond donors (Lipinski definition) is 2. The second kappa shape index (κ2) is 8.89. The van der Waals surface area contributed by atoms with E-state index >= 15 is 0 Å². The Balaban J connectivity index is 1.61. The van der Waals surface area contributed by atoms with E-state index in [2.05, 4.69) is 68.6 Å². The highest BCUT2D eigenvalue weighted by Crippen LogP contribution is 2.06. The first-order valence-electron chi connectivity index (χ1n) is 8.91. The number of nitrogens with zero attached hydrogens (tertiary/aromatic N) is 4. The van der Waals surface area contributed by atoms with Crippen LogP contribution in [-0.4, -0.2) is 26.6 Å². The highest BCUT2D eigenvalue weighted by Gasteiger charge is 2.05. The first kappa shape index (κ1) is 17.8. The van der Waals surface area contributed by atoms with Gasteiger partial charge in [-0.2, -0.15) is 0 Å². The van der Waals surface area contributed by atoms with Gasteiger partial charge in [-0.15, -0.1) is 0 Å². The van der Waals surface area contributed by atoms with Gasteiger partial charge in [-0.25, -0.2) is 9.98 Å². The minimum Gasteiger partial charge on any atom is -0.357 e. The lowest BCUT2D eigenvalue weighted by Gasteiger charge is -2.12. The van der Waals surface area contributed by atoms with Crippen LogP contribution >= 0.6 is 0 Å². The third-order valence-electron chi connectivity index (χ3n) is 4.07. The average Bonchev–Trinajstić information content (AvgIpc) is 3.27. The van der Waals surface area contributed by atoms with Crippen LogP contribution in [0.4, 0.5) is 0 Å². The van der Waals surface area contributed by atoms with Crippen molar-refractivity contribution in [1.82, 2.24) is 24.8 Å². The van der Waals surface area contributed by atoms with Crippen LogP contribution in [-0.2, 0) is 26.7 Å². The van der Waals surface area contributed by atoms with Crippen molar-refractivity contribution in [2.24, 2.45) is 12.0 Å². The van der Waals surface area contributed by atoms with Crippen molar-refractivity contribution in [2.45, 2.75) is 26.6 Å². The van der Waals surface area contributed by atoms with Gasteiger partial charge in [-0.3, -0.25) is 0 Å². The Morgan fingerprint density at radius 3 is 2.65 bits per heavy atom. The molecule has 6 heteroatoms. The highest BCUT2D eigenvalue weighted by molar-refractivity contribution is 5.79. The summed E-state index contributed by atoms with van der Waals surface area (Å²) in [5.74, 6) is 1.78. The molecule has 0 atom stereocenters. The van der Waals surface area contributed by atoms with Crippen molar-refractivity contribution in [2.75, 3.05) is 6.54 Å². The number of benzene rings is 1. The maximum absolute atomic E-state index is 4.65. The number of nitrogens with one attached hydrogen (secondary N) is 2. The molecule has 0 fully saturated rings. The third kappa shape index (κ3) is 4.99. The van der Waals surface area contributed by atoms with E-state index in [9.17, 15) is 0 Å². The maximum atomic E-state index is 4.65. The zero-order chi connectivity index (χ0) is 18.2. The molecule has 3 aromatic rings. The standard InChI is InChI=1S/C20H26N6/c1-3-21-20(23-13-18-9-11-25(2)15-18)24-14-19-22-10-12-26(19)16-17-7-5-4-6-8-17/h4-12,15H,3,13-14,16H2,1-2H3,(H2,21,23,24). The van der Waals surface area contributed by atoms with Crippen molar-refractivity contribution >= 4 is 5.96 Å². The van der Waals surface area contributed by atoms with Crippen LogP contribution < -0.4 is 10.6 Å². The molecule has 0 radical (unpaired) electrons. The number of rotatable bonds is 7. The van der Waals surface area contributed by atoms with Crippen LogP contribution in [0, 0.1) is 0 Å². The van der Waals surface area contributed by atoms with E-state index in [1.165, 1.54) is 11.1 Å². The zero-order valence-corrected chi connectivity index (χ0v) is 15.4. The molecule has 0 saturated heterocycles. The molecule has 0 aliphatic rings. The molecule has 2 N–H and O–H groups in total. The topological polar surface area (TPSA) is 59.2 Å². The van der Waals surface area contributed by atoms with Gasteiger partial charge in [0.2, 0.25) is 0 Å². The summed E-state index contributed by atoms with van der Waals surface area (Å²) in [6.07, 6.45) is 7.97.